The summed E-state index contributed by atoms with van der Waals surface area (Å²) in [6.45, 7) is 4.80. The zero-order valence-corrected chi connectivity index (χ0v) is 14.5. The van der Waals surface area contributed by atoms with E-state index in [0.717, 1.165) is 21.6 Å². The van der Waals surface area contributed by atoms with Crippen molar-refractivity contribution in [2.24, 2.45) is 10.1 Å². The number of hydrogen-bond donors (Lipinski definition) is 1. The standard InChI is InChI=1S/C19H19N3OS/c1-3-20-19-22(21-12-15-6-10-17(23)11-7-15)18(13-24-19)16-8-4-14(2)5-9-16/h4-13,23H,3H2,1-2H3. The summed E-state index contributed by atoms with van der Waals surface area (Å²) in [7, 11) is 0. The van der Waals surface area contributed by atoms with Crippen LogP contribution < -0.4 is 4.80 Å². The van der Waals surface area contributed by atoms with Gasteiger partial charge in [0, 0.05) is 17.5 Å². The Morgan fingerprint density at radius 1 is 1.08 bits per heavy atom. The van der Waals surface area contributed by atoms with Crippen LogP contribution in [0.1, 0.15) is 18.1 Å². The van der Waals surface area contributed by atoms with E-state index in [2.05, 4.69) is 46.7 Å². The Bertz CT molecular complexity index is 903. The highest BCUT2D eigenvalue weighted by molar-refractivity contribution is 7.07. The number of aromatic nitrogens is 1. The number of aryl methyl sites for hydroxylation is 1. The average Bonchev–Trinajstić information content (AvgIpc) is 2.98. The normalized spacial score (nSPS) is 12.2. The number of aromatic hydroxyl groups is 1. The molecule has 0 amide bonds. The third kappa shape index (κ3) is 3.63. The molecule has 3 aromatic rings. The topological polar surface area (TPSA) is 49.9 Å². The molecule has 0 aliphatic heterocycles. The van der Waals surface area contributed by atoms with Gasteiger partial charge in [0.25, 0.3) is 0 Å². The van der Waals surface area contributed by atoms with E-state index in [4.69, 9.17) is 0 Å². The van der Waals surface area contributed by atoms with Gasteiger partial charge in [-0.1, -0.05) is 29.8 Å². The summed E-state index contributed by atoms with van der Waals surface area (Å²) in [5.74, 6) is 0.248. The fraction of sp³-hybridized carbons (Fsp3) is 0.158. The van der Waals surface area contributed by atoms with Crippen molar-refractivity contribution in [2.75, 3.05) is 6.54 Å². The monoisotopic (exact) mass is 337 g/mol. The molecule has 0 fully saturated rings. The van der Waals surface area contributed by atoms with E-state index in [0.29, 0.717) is 6.54 Å². The van der Waals surface area contributed by atoms with Gasteiger partial charge in [-0.25, -0.2) is 4.68 Å². The van der Waals surface area contributed by atoms with Gasteiger partial charge in [-0.2, -0.15) is 5.10 Å². The molecule has 4 nitrogen and oxygen atoms in total. The van der Waals surface area contributed by atoms with Crippen LogP contribution >= 0.6 is 11.3 Å². The lowest BCUT2D eigenvalue weighted by atomic mass is 10.1. The fourth-order valence-corrected chi connectivity index (χ4v) is 3.16. The van der Waals surface area contributed by atoms with Crippen LogP contribution in [0.5, 0.6) is 5.75 Å². The van der Waals surface area contributed by atoms with Gasteiger partial charge in [0.05, 0.1) is 11.9 Å². The minimum atomic E-state index is 0.248. The summed E-state index contributed by atoms with van der Waals surface area (Å²) in [5, 5.41) is 16.1. The van der Waals surface area contributed by atoms with Gasteiger partial charge in [-0.15, -0.1) is 11.3 Å². The van der Waals surface area contributed by atoms with E-state index in [1.165, 1.54) is 5.56 Å². The van der Waals surface area contributed by atoms with Crippen LogP contribution in [0.15, 0.2) is 64.0 Å². The molecule has 24 heavy (non-hydrogen) atoms. The molecule has 5 heteroatoms. The summed E-state index contributed by atoms with van der Waals surface area (Å²) >= 11 is 1.58. The Kier molecular flexibility index (Phi) is 4.91. The molecule has 0 saturated carbocycles. The number of benzene rings is 2. The fourth-order valence-electron chi connectivity index (χ4n) is 2.26. The van der Waals surface area contributed by atoms with Gasteiger partial charge < -0.3 is 5.11 Å². The molecule has 0 aliphatic rings. The quantitative estimate of drug-likeness (QED) is 0.718. The van der Waals surface area contributed by atoms with Crippen LogP contribution in [-0.4, -0.2) is 22.5 Å². The van der Waals surface area contributed by atoms with Crippen LogP contribution in [0.25, 0.3) is 11.3 Å². The molecular formula is C19H19N3OS. The lowest BCUT2D eigenvalue weighted by Gasteiger charge is -2.04. The molecule has 3 rings (SSSR count). The summed E-state index contributed by atoms with van der Waals surface area (Å²) in [4.78, 5) is 5.39. The summed E-state index contributed by atoms with van der Waals surface area (Å²) in [6.07, 6.45) is 1.78. The molecule has 2 aromatic carbocycles. The van der Waals surface area contributed by atoms with E-state index < -0.39 is 0 Å². The first-order valence-electron chi connectivity index (χ1n) is 7.79. The van der Waals surface area contributed by atoms with Gasteiger partial charge in [0.1, 0.15) is 5.75 Å². The van der Waals surface area contributed by atoms with Crippen LogP contribution in [0, 0.1) is 6.92 Å². The van der Waals surface area contributed by atoms with Crippen LogP contribution in [0.3, 0.4) is 0 Å². The molecule has 0 atom stereocenters. The van der Waals surface area contributed by atoms with Crippen molar-refractivity contribution in [2.45, 2.75) is 13.8 Å². The lowest BCUT2D eigenvalue weighted by Crippen LogP contribution is -2.12. The van der Waals surface area contributed by atoms with Crippen molar-refractivity contribution in [1.29, 1.82) is 0 Å². The lowest BCUT2D eigenvalue weighted by molar-refractivity contribution is 0.475. The van der Waals surface area contributed by atoms with Gasteiger partial charge in [-0.3, -0.25) is 4.99 Å². The Morgan fingerprint density at radius 2 is 1.79 bits per heavy atom. The second kappa shape index (κ2) is 7.27. The predicted molar refractivity (Wildman–Crippen MR) is 99.7 cm³/mol. The molecule has 1 aromatic heterocycles. The Balaban J connectivity index is 2.04. The number of hydrogen-bond acceptors (Lipinski definition) is 4. The molecule has 0 aliphatic carbocycles. The third-order valence-electron chi connectivity index (χ3n) is 3.54. The second-order valence-electron chi connectivity index (χ2n) is 5.39. The number of phenolic OH excluding ortho intramolecular Hbond substituents is 1. The van der Waals surface area contributed by atoms with Crippen molar-refractivity contribution in [1.82, 2.24) is 4.68 Å². The van der Waals surface area contributed by atoms with Crippen molar-refractivity contribution < 1.29 is 5.11 Å². The smallest absolute Gasteiger partial charge is 0.206 e. The van der Waals surface area contributed by atoms with Crippen LogP contribution in [-0.2, 0) is 0 Å². The van der Waals surface area contributed by atoms with Gasteiger partial charge in [-0.05, 0) is 43.7 Å². The first-order valence-corrected chi connectivity index (χ1v) is 8.67. The molecular weight excluding hydrogens is 318 g/mol. The molecule has 0 unspecified atom stereocenters. The molecule has 122 valence electrons. The van der Waals surface area contributed by atoms with Gasteiger partial charge in [0.15, 0.2) is 0 Å². The minimum absolute atomic E-state index is 0.248. The first kappa shape index (κ1) is 16.2. The number of nitrogens with zero attached hydrogens (tertiary/aromatic N) is 3. The highest BCUT2D eigenvalue weighted by Crippen LogP contribution is 2.20. The zero-order chi connectivity index (χ0) is 16.9. The molecule has 0 bridgehead atoms. The van der Waals surface area contributed by atoms with Crippen molar-refractivity contribution in [3.8, 4) is 17.0 Å². The largest absolute Gasteiger partial charge is 0.508 e. The van der Waals surface area contributed by atoms with Crippen LogP contribution in [0.4, 0.5) is 0 Å². The molecule has 0 saturated heterocycles. The van der Waals surface area contributed by atoms with Crippen molar-refractivity contribution in [3.63, 3.8) is 0 Å². The maximum Gasteiger partial charge on any atom is 0.206 e. The third-order valence-corrected chi connectivity index (χ3v) is 4.40. The maximum atomic E-state index is 9.38. The van der Waals surface area contributed by atoms with Gasteiger partial charge in [0.2, 0.25) is 4.80 Å². The van der Waals surface area contributed by atoms with Crippen molar-refractivity contribution in [3.05, 3.63) is 69.8 Å². The maximum absolute atomic E-state index is 9.38. The average molecular weight is 337 g/mol. The highest BCUT2D eigenvalue weighted by atomic mass is 32.1. The second-order valence-corrected chi connectivity index (χ2v) is 6.23. The molecule has 0 radical (unpaired) electrons. The first-order chi connectivity index (χ1) is 11.7. The predicted octanol–water partition coefficient (Wildman–Crippen LogP) is 4.03. The van der Waals surface area contributed by atoms with Crippen molar-refractivity contribution >= 4 is 17.6 Å². The summed E-state index contributed by atoms with van der Waals surface area (Å²) < 4.78 is 1.87. The number of rotatable bonds is 4. The van der Waals surface area contributed by atoms with E-state index in [9.17, 15) is 5.11 Å². The van der Waals surface area contributed by atoms with E-state index in [1.54, 1.807) is 29.7 Å². The summed E-state index contributed by atoms with van der Waals surface area (Å²) in [6, 6.07) is 15.3. The number of thiazole rings is 1. The highest BCUT2D eigenvalue weighted by Gasteiger charge is 2.07. The Labute approximate surface area is 145 Å². The van der Waals surface area contributed by atoms with Crippen LogP contribution in [0.2, 0.25) is 0 Å². The summed E-state index contributed by atoms with van der Waals surface area (Å²) in [5.41, 5.74) is 4.27. The van der Waals surface area contributed by atoms with Gasteiger partial charge >= 0.3 is 0 Å². The van der Waals surface area contributed by atoms with E-state index >= 15 is 0 Å². The molecule has 1 heterocycles. The molecule has 0 spiro atoms. The van der Waals surface area contributed by atoms with E-state index in [1.807, 2.05) is 23.7 Å². The number of phenols is 1. The Hall–Kier alpha value is -2.66. The Morgan fingerprint density at radius 3 is 2.46 bits per heavy atom. The zero-order valence-electron chi connectivity index (χ0n) is 13.7. The SMILES string of the molecule is CCN=c1scc(-c2ccc(C)cc2)n1N=Cc1ccc(O)cc1. The minimum Gasteiger partial charge on any atom is -0.508 e. The molecule has 1 N–H and O–H groups in total. The van der Waals surface area contributed by atoms with E-state index in [-0.39, 0.29) is 5.75 Å².